The molecule has 3 aromatic carbocycles. The van der Waals surface area contributed by atoms with Gasteiger partial charge in [-0.15, -0.1) is 0 Å². The van der Waals surface area contributed by atoms with E-state index in [1.54, 1.807) is 0 Å². The van der Waals surface area contributed by atoms with Crippen LogP contribution < -0.4 is 10.6 Å². The van der Waals surface area contributed by atoms with E-state index in [-0.39, 0.29) is 18.5 Å². The number of carbonyl (C=O) groups is 2. The number of guanidine groups is 1. The topological polar surface area (TPSA) is 94.5 Å². The normalized spacial score (nSPS) is 14.6. The monoisotopic (exact) mass is 442 g/mol. The summed E-state index contributed by atoms with van der Waals surface area (Å²) >= 11 is 0. The summed E-state index contributed by atoms with van der Waals surface area (Å²) in [4.78, 5) is 27.0. The van der Waals surface area contributed by atoms with E-state index in [1.165, 1.54) is 4.90 Å². The zero-order valence-corrected chi connectivity index (χ0v) is 18.2. The number of hydrogen-bond acceptors (Lipinski definition) is 4. The van der Waals surface area contributed by atoms with Crippen molar-refractivity contribution < 1.29 is 14.3 Å². The average Bonchev–Trinajstić information content (AvgIpc) is 3.12. The summed E-state index contributed by atoms with van der Waals surface area (Å²) in [6.07, 6.45) is -0.0293. The molecule has 7 heteroatoms. The molecule has 7 nitrogen and oxygen atoms in total. The first-order valence-electron chi connectivity index (χ1n) is 10.9. The van der Waals surface area contributed by atoms with E-state index in [2.05, 4.69) is 10.6 Å². The van der Waals surface area contributed by atoms with E-state index >= 15 is 0 Å². The Morgan fingerprint density at radius 1 is 0.909 bits per heavy atom. The van der Waals surface area contributed by atoms with Crippen molar-refractivity contribution in [2.45, 2.75) is 18.6 Å². The summed E-state index contributed by atoms with van der Waals surface area (Å²) in [7, 11) is 0. The van der Waals surface area contributed by atoms with Crippen LogP contribution in [-0.4, -0.2) is 35.9 Å². The quantitative estimate of drug-likeness (QED) is 0.465. The number of ether oxygens (including phenoxy) is 1. The van der Waals surface area contributed by atoms with Crippen molar-refractivity contribution in [1.82, 2.24) is 15.5 Å². The number of hydrogen-bond donors (Lipinski definition) is 3. The zero-order chi connectivity index (χ0) is 23.1. The average molecular weight is 443 g/mol. The summed E-state index contributed by atoms with van der Waals surface area (Å²) in [6.45, 7) is 0.821. The molecule has 0 aliphatic carbocycles. The van der Waals surface area contributed by atoms with Gasteiger partial charge in [0.15, 0.2) is 11.5 Å². The summed E-state index contributed by atoms with van der Waals surface area (Å²) < 4.78 is 5.21. The molecule has 2 amide bonds. The molecular weight excluding hydrogens is 416 g/mol. The van der Waals surface area contributed by atoms with Gasteiger partial charge >= 0.3 is 6.09 Å². The highest BCUT2D eigenvalue weighted by molar-refractivity contribution is 6.10. The molecule has 33 heavy (non-hydrogen) atoms. The Balaban J connectivity index is 1.38. The van der Waals surface area contributed by atoms with Crippen molar-refractivity contribution in [1.29, 1.82) is 5.41 Å². The van der Waals surface area contributed by atoms with Gasteiger partial charge in [0.05, 0.1) is 0 Å². The highest BCUT2D eigenvalue weighted by atomic mass is 16.5. The lowest BCUT2D eigenvalue weighted by Gasteiger charge is -2.28. The third-order valence-corrected chi connectivity index (χ3v) is 5.60. The van der Waals surface area contributed by atoms with E-state index in [1.807, 2.05) is 91.0 Å². The third-order valence-electron chi connectivity index (χ3n) is 5.60. The van der Waals surface area contributed by atoms with Crippen molar-refractivity contribution in [3.05, 3.63) is 108 Å². The Labute approximate surface area is 192 Å². The number of alkyl carbamates (subject to hydrolysis) is 1. The van der Waals surface area contributed by atoms with E-state index < -0.39 is 11.6 Å². The smallest absolute Gasteiger partial charge is 0.407 e. The van der Waals surface area contributed by atoms with Gasteiger partial charge in [0.2, 0.25) is 0 Å². The number of rotatable bonds is 8. The largest absolute Gasteiger partial charge is 0.445 e. The minimum absolute atomic E-state index is 0.0411. The Morgan fingerprint density at radius 2 is 1.45 bits per heavy atom. The second kappa shape index (κ2) is 9.99. The number of amides is 2. The fourth-order valence-electron chi connectivity index (χ4n) is 3.95. The molecule has 1 fully saturated rings. The fourth-order valence-corrected chi connectivity index (χ4v) is 3.95. The molecule has 0 saturated carbocycles. The predicted molar refractivity (Wildman–Crippen MR) is 125 cm³/mol. The molecule has 1 saturated heterocycles. The standard InChI is InChI=1S/C26H26N4O3/c27-24-29-26(21-13-6-2-7-14-21,22-15-8-3-9-16-22)23(31)30(24)18-10-17-28-25(32)33-19-20-11-4-1-5-12-20/h1-9,11-16H,10,17-19H2,(H2,27,29)(H,28,32). The van der Waals surface area contributed by atoms with Gasteiger partial charge in [-0.05, 0) is 23.1 Å². The molecule has 3 aromatic rings. The van der Waals surface area contributed by atoms with Gasteiger partial charge in [0, 0.05) is 13.1 Å². The minimum Gasteiger partial charge on any atom is -0.445 e. The van der Waals surface area contributed by atoms with Crippen LogP contribution in [0.25, 0.3) is 0 Å². The molecule has 0 spiro atoms. The van der Waals surface area contributed by atoms with Crippen LogP contribution in [0.4, 0.5) is 4.79 Å². The lowest BCUT2D eigenvalue weighted by Crippen LogP contribution is -2.45. The number of nitrogens with zero attached hydrogens (tertiary/aromatic N) is 1. The zero-order valence-electron chi connectivity index (χ0n) is 18.2. The van der Waals surface area contributed by atoms with Crippen LogP contribution >= 0.6 is 0 Å². The van der Waals surface area contributed by atoms with Crippen LogP contribution in [0.5, 0.6) is 0 Å². The summed E-state index contributed by atoms with van der Waals surface area (Å²) in [5.74, 6) is -0.170. The molecule has 0 atom stereocenters. The van der Waals surface area contributed by atoms with Gasteiger partial charge in [-0.25, -0.2) is 4.79 Å². The molecular formula is C26H26N4O3. The van der Waals surface area contributed by atoms with Gasteiger partial charge in [-0.2, -0.15) is 0 Å². The summed E-state index contributed by atoms with van der Waals surface area (Å²) in [6, 6.07) is 28.3. The Bertz CT molecular complexity index is 1060. The van der Waals surface area contributed by atoms with Gasteiger partial charge < -0.3 is 15.4 Å². The predicted octanol–water partition coefficient (Wildman–Crippen LogP) is 3.61. The molecule has 168 valence electrons. The molecule has 0 radical (unpaired) electrons. The summed E-state index contributed by atoms with van der Waals surface area (Å²) in [5.41, 5.74) is 1.31. The van der Waals surface area contributed by atoms with E-state index in [9.17, 15) is 9.59 Å². The van der Waals surface area contributed by atoms with Crippen LogP contribution in [0.1, 0.15) is 23.1 Å². The first-order chi connectivity index (χ1) is 16.1. The maximum Gasteiger partial charge on any atom is 0.407 e. The highest BCUT2D eigenvalue weighted by Crippen LogP contribution is 2.35. The van der Waals surface area contributed by atoms with Crippen LogP contribution in [0, 0.1) is 5.41 Å². The van der Waals surface area contributed by atoms with Gasteiger partial charge in [0.25, 0.3) is 5.91 Å². The first-order valence-corrected chi connectivity index (χ1v) is 10.9. The minimum atomic E-state index is -1.15. The van der Waals surface area contributed by atoms with E-state index in [0.717, 1.165) is 16.7 Å². The van der Waals surface area contributed by atoms with Crippen LogP contribution in [0.15, 0.2) is 91.0 Å². The SMILES string of the molecule is N=C1NC(c2ccccc2)(c2ccccc2)C(=O)N1CCCNC(=O)OCc1ccccc1. The van der Waals surface area contributed by atoms with Gasteiger partial charge in [-0.1, -0.05) is 91.0 Å². The summed E-state index contributed by atoms with van der Waals surface area (Å²) in [5, 5.41) is 14.3. The Morgan fingerprint density at radius 3 is 2.03 bits per heavy atom. The van der Waals surface area contributed by atoms with E-state index in [4.69, 9.17) is 10.1 Å². The van der Waals surface area contributed by atoms with Gasteiger partial charge in [-0.3, -0.25) is 15.1 Å². The molecule has 0 unspecified atom stereocenters. The van der Waals surface area contributed by atoms with Gasteiger partial charge in [0.1, 0.15) is 6.61 Å². The van der Waals surface area contributed by atoms with Crippen molar-refractivity contribution >= 4 is 18.0 Å². The lowest BCUT2D eigenvalue weighted by molar-refractivity contribution is -0.130. The van der Waals surface area contributed by atoms with Crippen LogP contribution in [0.3, 0.4) is 0 Å². The fraction of sp³-hybridized carbons (Fsp3) is 0.192. The molecule has 3 N–H and O–H groups in total. The molecule has 1 aliphatic heterocycles. The third kappa shape index (κ3) is 4.72. The number of nitrogens with one attached hydrogen (secondary N) is 3. The van der Waals surface area contributed by atoms with Crippen molar-refractivity contribution in [2.75, 3.05) is 13.1 Å². The van der Waals surface area contributed by atoms with Crippen LogP contribution in [-0.2, 0) is 21.7 Å². The van der Waals surface area contributed by atoms with E-state index in [0.29, 0.717) is 19.5 Å². The molecule has 1 heterocycles. The lowest BCUT2D eigenvalue weighted by atomic mass is 9.82. The molecule has 1 aliphatic rings. The Hall–Kier alpha value is -4.13. The van der Waals surface area contributed by atoms with Crippen LogP contribution in [0.2, 0.25) is 0 Å². The molecule has 4 rings (SSSR count). The number of carbonyl (C=O) groups excluding carboxylic acids is 2. The van der Waals surface area contributed by atoms with Crippen molar-refractivity contribution in [3.63, 3.8) is 0 Å². The maximum atomic E-state index is 13.6. The van der Waals surface area contributed by atoms with Crippen molar-refractivity contribution in [3.8, 4) is 0 Å². The highest BCUT2D eigenvalue weighted by Gasteiger charge is 2.51. The molecule has 0 aromatic heterocycles. The first kappa shape index (κ1) is 22.1. The maximum absolute atomic E-state index is 13.6. The molecule has 0 bridgehead atoms. The van der Waals surface area contributed by atoms with Crippen molar-refractivity contribution in [2.24, 2.45) is 0 Å². The number of benzene rings is 3. The Kier molecular flexibility index (Phi) is 6.69. The second-order valence-corrected chi connectivity index (χ2v) is 7.75. The second-order valence-electron chi connectivity index (χ2n) is 7.75.